The number of pyridine rings is 1. The van der Waals surface area contributed by atoms with E-state index < -0.39 is 0 Å². The van der Waals surface area contributed by atoms with E-state index in [2.05, 4.69) is 4.98 Å². The van der Waals surface area contributed by atoms with E-state index in [1.807, 2.05) is 14.0 Å². The molecule has 2 heterocycles. The predicted molar refractivity (Wildman–Crippen MR) is 73.9 cm³/mol. The van der Waals surface area contributed by atoms with Crippen molar-refractivity contribution in [1.29, 1.82) is 0 Å². The number of aryl methyl sites for hydroxylation is 1. The van der Waals surface area contributed by atoms with Gasteiger partial charge in [-0.1, -0.05) is 0 Å². The van der Waals surface area contributed by atoms with Crippen LogP contribution in [0.25, 0.3) is 0 Å². The molecule has 0 aromatic carbocycles. The Morgan fingerprint density at radius 1 is 1.53 bits per heavy atom. The summed E-state index contributed by atoms with van der Waals surface area (Å²) in [5.74, 6) is 0.457. The van der Waals surface area contributed by atoms with Crippen molar-refractivity contribution in [2.75, 3.05) is 32.5 Å². The molecule has 1 aliphatic heterocycles. The maximum atomic E-state index is 12.3. The molecule has 5 nitrogen and oxygen atoms in total. The number of nitrogens with zero attached hydrogens (tertiary/aromatic N) is 2. The Hall–Kier alpha value is -1.62. The van der Waals surface area contributed by atoms with Crippen LogP contribution in [-0.2, 0) is 4.74 Å². The molecule has 0 bridgehead atoms. The molecule has 1 saturated heterocycles. The van der Waals surface area contributed by atoms with Gasteiger partial charge in [-0.25, -0.2) is 0 Å². The van der Waals surface area contributed by atoms with Gasteiger partial charge >= 0.3 is 0 Å². The minimum absolute atomic E-state index is 0.0588. The average Bonchev–Trinajstić information content (AvgIpc) is 2.39. The number of carbonyl (C=O) groups excluding carboxylic acids is 1. The van der Waals surface area contributed by atoms with E-state index in [-0.39, 0.29) is 5.91 Å². The molecule has 19 heavy (non-hydrogen) atoms. The van der Waals surface area contributed by atoms with Gasteiger partial charge in [-0.2, -0.15) is 0 Å². The Kier molecular flexibility index (Phi) is 4.37. The van der Waals surface area contributed by atoms with Crippen molar-refractivity contribution in [2.24, 2.45) is 5.92 Å². The van der Waals surface area contributed by atoms with Gasteiger partial charge in [0.25, 0.3) is 5.91 Å². The summed E-state index contributed by atoms with van der Waals surface area (Å²) in [5.41, 5.74) is 7.69. The summed E-state index contributed by atoms with van der Waals surface area (Å²) < 4.78 is 5.33. The molecular formula is C14H21N3O2. The van der Waals surface area contributed by atoms with Crippen molar-refractivity contribution >= 4 is 11.6 Å². The van der Waals surface area contributed by atoms with Gasteiger partial charge < -0.3 is 15.4 Å². The fraction of sp³-hybridized carbons (Fsp3) is 0.571. The molecule has 1 aromatic rings. The Balaban J connectivity index is 2.01. The molecule has 0 atom stereocenters. The van der Waals surface area contributed by atoms with Crippen LogP contribution in [-0.4, -0.2) is 42.6 Å². The van der Waals surface area contributed by atoms with Crippen LogP contribution >= 0.6 is 0 Å². The van der Waals surface area contributed by atoms with Crippen LogP contribution in [0.3, 0.4) is 0 Å². The van der Waals surface area contributed by atoms with Crippen molar-refractivity contribution in [3.63, 3.8) is 0 Å². The molecule has 0 saturated carbocycles. The van der Waals surface area contributed by atoms with E-state index in [4.69, 9.17) is 10.5 Å². The lowest BCUT2D eigenvalue weighted by atomic mass is 9.99. The molecule has 5 heteroatoms. The first kappa shape index (κ1) is 13.8. The fourth-order valence-electron chi connectivity index (χ4n) is 2.36. The van der Waals surface area contributed by atoms with Crippen LogP contribution in [0.15, 0.2) is 12.3 Å². The zero-order chi connectivity index (χ0) is 13.8. The monoisotopic (exact) mass is 263 g/mol. The normalized spacial score (nSPS) is 16.3. The van der Waals surface area contributed by atoms with Crippen LogP contribution < -0.4 is 5.73 Å². The molecule has 104 valence electrons. The van der Waals surface area contributed by atoms with E-state index in [0.717, 1.165) is 38.3 Å². The summed E-state index contributed by atoms with van der Waals surface area (Å²) in [6.45, 7) is 4.19. The highest BCUT2D eigenvalue weighted by atomic mass is 16.5. The second kappa shape index (κ2) is 6.02. The van der Waals surface area contributed by atoms with Crippen molar-refractivity contribution in [3.8, 4) is 0 Å². The standard InChI is InChI=1S/C14H21N3O2/c1-10-7-13(15)12(8-16-10)14(18)17(2)9-11-3-5-19-6-4-11/h7-8,11H,3-6,9H2,1-2H3,(H2,15,16). The van der Waals surface area contributed by atoms with Gasteiger partial charge in [0, 0.05) is 44.4 Å². The average molecular weight is 263 g/mol. The van der Waals surface area contributed by atoms with Gasteiger partial charge in [-0.3, -0.25) is 9.78 Å². The predicted octanol–water partition coefficient (Wildman–Crippen LogP) is 1.47. The molecule has 2 rings (SSSR count). The molecule has 2 N–H and O–H groups in total. The van der Waals surface area contributed by atoms with Gasteiger partial charge in [0.2, 0.25) is 0 Å². The second-order valence-corrected chi connectivity index (χ2v) is 5.15. The van der Waals surface area contributed by atoms with Crippen LogP contribution in [0, 0.1) is 12.8 Å². The quantitative estimate of drug-likeness (QED) is 0.896. The fourth-order valence-corrected chi connectivity index (χ4v) is 2.36. The Labute approximate surface area is 113 Å². The highest BCUT2D eigenvalue weighted by molar-refractivity contribution is 5.98. The minimum Gasteiger partial charge on any atom is -0.398 e. The number of nitrogens with two attached hydrogens (primary N) is 1. The third kappa shape index (κ3) is 3.44. The van der Waals surface area contributed by atoms with Gasteiger partial charge in [-0.15, -0.1) is 0 Å². The number of carbonyl (C=O) groups is 1. The third-order valence-electron chi connectivity index (χ3n) is 3.52. The first-order valence-corrected chi connectivity index (χ1v) is 6.63. The number of rotatable bonds is 3. The molecule has 1 aromatic heterocycles. The maximum Gasteiger partial charge on any atom is 0.257 e. The SMILES string of the molecule is Cc1cc(N)c(C(=O)N(C)CC2CCOCC2)cn1. The van der Waals surface area contributed by atoms with Crippen LogP contribution in [0.4, 0.5) is 5.69 Å². The highest BCUT2D eigenvalue weighted by Gasteiger charge is 2.20. The van der Waals surface area contributed by atoms with Crippen LogP contribution in [0.2, 0.25) is 0 Å². The van der Waals surface area contributed by atoms with Crippen molar-refractivity contribution in [1.82, 2.24) is 9.88 Å². The summed E-state index contributed by atoms with van der Waals surface area (Å²) >= 11 is 0. The second-order valence-electron chi connectivity index (χ2n) is 5.15. The smallest absolute Gasteiger partial charge is 0.257 e. The van der Waals surface area contributed by atoms with E-state index in [1.165, 1.54) is 0 Å². The Morgan fingerprint density at radius 3 is 2.84 bits per heavy atom. The van der Waals surface area contributed by atoms with E-state index >= 15 is 0 Å². The maximum absolute atomic E-state index is 12.3. The summed E-state index contributed by atoms with van der Waals surface area (Å²) in [4.78, 5) is 18.2. The lowest BCUT2D eigenvalue weighted by Crippen LogP contribution is -2.34. The lowest BCUT2D eigenvalue weighted by Gasteiger charge is -2.27. The Morgan fingerprint density at radius 2 is 2.21 bits per heavy atom. The topological polar surface area (TPSA) is 68.5 Å². The number of hydrogen-bond acceptors (Lipinski definition) is 4. The van der Waals surface area contributed by atoms with Crippen molar-refractivity contribution in [2.45, 2.75) is 19.8 Å². The van der Waals surface area contributed by atoms with Crippen molar-refractivity contribution in [3.05, 3.63) is 23.5 Å². The molecule has 1 fully saturated rings. The summed E-state index contributed by atoms with van der Waals surface area (Å²) in [6, 6.07) is 1.73. The zero-order valence-electron chi connectivity index (χ0n) is 11.6. The third-order valence-corrected chi connectivity index (χ3v) is 3.52. The van der Waals surface area contributed by atoms with Gasteiger partial charge in [-0.05, 0) is 31.7 Å². The van der Waals surface area contributed by atoms with E-state index in [0.29, 0.717) is 17.2 Å². The number of aromatic nitrogens is 1. The molecule has 0 radical (unpaired) electrons. The summed E-state index contributed by atoms with van der Waals surface area (Å²) in [7, 11) is 1.82. The molecular weight excluding hydrogens is 242 g/mol. The zero-order valence-corrected chi connectivity index (χ0v) is 11.6. The van der Waals surface area contributed by atoms with Gasteiger partial charge in [0.1, 0.15) is 0 Å². The van der Waals surface area contributed by atoms with E-state index in [1.54, 1.807) is 17.2 Å². The number of nitrogen functional groups attached to an aromatic ring is 1. The van der Waals surface area contributed by atoms with Crippen molar-refractivity contribution < 1.29 is 9.53 Å². The first-order chi connectivity index (χ1) is 9.08. The number of hydrogen-bond donors (Lipinski definition) is 1. The number of ether oxygens (including phenoxy) is 1. The van der Waals surface area contributed by atoms with Gasteiger partial charge in [0.15, 0.2) is 0 Å². The molecule has 0 unspecified atom stereocenters. The molecule has 1 aliphatic rings. The minimum atomic E-state index is -0.0588. The summed E-state index contributed by atoms with van der Waals surface area (Å²) in [5, 5.41) is 0. The van der Waals surface area contributed by atoms with E-state index in [9.17, 15) is 4.79 Å². The molecule has 1 amide bonds. The van der Waals surface area contributed by atoms with Crippen LogP contribution in [0.5, 0.6) is 0 Å². The number of anilines is 1. The highest BCUT2D eigenvalue weighted by Crippen LogP contribution is 2.18. The lowest BCUT2D eigenvalue weighted by molar-refractivity contribution is 0.0497. The summed E-state index contributed by atoms with van der Waals surface area (Å²) in [6.07, 6.45) is 3.59. The first-order valence-electron chi connectivity index (χ1n) is 6.63. The Bertz CT molecular complexity index is 456. The molecule has 0 spiro atoms. The van der Waals surface area contributed by atoms with Gasteiger partial charge in [0.05, 0.1) is 5.56 Å². The largest absolute Gasteiger partial charge is 0.398 e. The number of amides is 1. The molecule has 0 aliphatic carbocycles. The van der Waals surface area contributed by atoms with Crippen LogP contribution in [0.1, 0.15) is 28.9 Å².